The molecular formula is C32H35N5O3. The molecule has 0 unspecified atom stereocenters. The number of carbonyl (C=O) groups is 2. The van der Waals surface area contributed by atoms with Gasteiger partial charge >= 0.3 is 0 Å². The molecule has 2 aliphatic heterocycles. The number of aromatic nitrogens is 1. The molecule has 4 aromatic rings. The molecule has 2 amide bonds. The number of benzene rings is 3. The summed E-state index contributed by atoms with van der Waals surface area (Å²) in [5, 5.41) is 4.29. The third kappa shape index (κ3) is 4.74. The minimum atomic E-state index is -0.620. The molecule has 1 aromatic heterocycles. The third-order valence-corrected chi connectivity index (χ3v) is 8.20. The van der Waals surface area contributed by atoms with Crippen molar-refractivity contribution in [2.75, 3.05) is 63.7 Å². The van der Waals surface area contributed by atoms with E-state index < -0.39 is 12.0 Å². The zero-order valence-corrected chi connectivity index (χ0v) is 23.0. The smallest absolute Gasteiger partial charge is 0.254 e. The topological polar surface area (TPSA) is 80.9 Å². The summed E-state index contributed by atoms with van der Waals surface area (Å²) in [4.78, 5) is 38.2. The van der Waals surface area contributed by atoms with Gasteiger partial charge in [0.05, 0.1) is 29.9 Å². The largest absolute Gasteiger partial charge is 0.383 e. The second kappa shape index (κ2) is 11.2. The van der Waals surface area contributed by atoms with E-state index in [0.717, 1.165) is 59.6 Å². The Morgan fingerprint density at radius 3 is 2.50 bits per heavy atom. The van der Waals surface area contributed by atoms with E-state index in [1.54, 1.807) is 12.0 Å². The highest BCUT2D eigenvalue weighted by molar-refractivity contribution is 6.06. The summed E-state index contributed by atoms with van der Waals surface area (Å²) in [6.07, 6.45) is 1.94. The fraction of sp³-hybridized carbons (Fsp3) is 0.312. The molecule has 2 atom stereocenters. The Morgan fingerprint density at radius 1 is 0.950 bits per heavy atom. The second-order valence-corrected chi connectivity index (χ2v) is 10.6. The first-order valence-electron chi connectivity index (χ1n) is 13.8. The van der Waals surface area contributed by atoms with Crippen LogP contribution < -0.4 is 10.2 Å². The fourth-order valence-electron chi connectivity index (χ4n) is 6.11. The number of rotatable bonds is 7. The van der Waals surface area contributed by atoms with Gasteiger partial charge < -0.3 is 29.7 Å². The van der Waals surface area contributed by atoms with Crippen LogP contribution in [0.4, 0.5) is 11.4 Å². The van der Waals surface area contributed by atoms with Crippen LogP contribution >= 0.6 is 0 Å². The van der Waals surface area contributed by atoms with Crippen molar-refractivity contribution in [1.29, 1.82) is 0 Å². The number of carbonyl (C=O) groups excluding carboxylic acids is 2. The minimum Gasteiger partial charge on any atom is -0.383 e. The van der Waals surface area contributed by atoms with E-state index in [-0.39, 0.29) is 11.8 Å². The standard InChI is InChI=1S/C32H35N5O3/c1-35-15-17-36(18-16-35)28-14-8-7-13-27(28)34-31(38)29-23-10-3-4-11-24(23)32(39)37(19-20-40-2)30(29)25-21-33-26-12-6-5-9-22(25)26/h3-14,21,29-30,33H,15-20H2,1-2H3,(H,34,38)/t29-,30+/m1/s1. The van der Waals surface area contributed by atoms with Crippen LogP contribution in [-0.2, 0) is 9.53 Å². The molecule has 2 aliphatic rings. The quantitative estimate of drug-likeness (QED) is 0.363. The highest BCUT2D eigenvalue weighted by atomic mass is 16.5. The number of nitrogens with one attached hydrogen (secondary N) is 2. The maximum Gasteiger partial charge on any atom is 0.254 e. The summed E-state index contributed by atoms with van der Waals surface area (Å²) in [6, 6.07) is 23.0. The van der Waals surface area contributed by atoms with Crippen molar-refractivity contribution in [2.45, 2.75) is 12.0 Å². The molecule has 1 fully saturated rings. The van der Waals surface area contributed by atoms with Gasteiger partial charge in [-0.2, -0.15) is 0 Å². The van der Waals surface area contributed by atoms with Gasteiger partial charge in [0, 0.05) is 68.1 Å². The molecule has 8 heteroatoms. The number of anilines is 2. The van der Waals surface area contributed by atoms with Gasteiger partial charge in [-0.05, 0) is 36.9 Å². The van der Waals surface area contributed by atoms with E-state index in [2.05, 4.69) is 33.2 Å². The number of ether oxygens (including phenoxy) is 1. The number of methoxy groups -OCH3 is 1. The molecule has 0 saturated carbocycles. The van der Waals surface area contributed by atoms with Crippen molar-refractivity contribution < 1.29 is 14.3 Å². The SMILES string of the molecule is COCCN1C(=O)c2ccccc2[C@@H](C(=O)Nc2ccccc2N2CCN(C)CC2)[C@@H]1c1c[nH]c2ccccc12. The van der Waals surface area contributed by atoms with Crippen LogP contribution in [0, 0.1) is 0 Å². The van der Waals surface area contributed by atoms with Crippen molar-refractivity contribution in [3.05, 3.63) is 95.7 Å². The zero-order valence-electron chi connectivity index (χ0n) is 23.0. The van der Waals surface area contributed by atoms with Crippen LogP contribution in [-0.4, -0.2) is 80.1 Å². The summed E-state index contributed by atoms with van der Waals surface area (Å²) >= 11 is 0. The van der Waals surface area contributed by atoms with Crippen LogP contribution in [0.15, 0.2) is 79.0 Å². The van der Waals surface area contributed by atoms with Gasteiger partial charge in [-0.3, -0.25) is 9.59 Å². The van der Waals surface area contributed by atoms with E-state index in [0.29, 0.717) is 18.7 Å². The predicted octanol–water partition coefficient (Wildman–Crippen LogP) is 4.49. The molecule has 0 radical (unpaired) electrons. The highest BCUT2D eigenvalue weighted by Crippen LogP contribution is 2.45. The van der Waals surface area contributed by atoms with E-state index in [1.165, 1.54) is 0 Å². The molecule has 6 rings (SSSR count). The Bertz CT molecular complexity index is 1520. The number of amides is 2. The van der Waals surface area contributed by atoms with Crippen LogP contribution in [0.5, 0.6) is 0 Å². The molecule has 2 N–H and O–H groups in total. The van der Waals surface area contributed by atoms with Crippen LogP contribution in [0.25, 0.3) is 10.9 Å². The van der Waals surface area contributed by atoms with Gasteiger partial charge in [0.25, 0.3) is 5.91 Å². The number of H-pyrrole nitrogens is 1. The van der Waals surface area contributed by atoms with Gasteiger partial charge in [0.1, 0.15) is 0 Å². The Hall–Kier alpha value is -4.14. The highest BCUT2D eigenvalue weighted by Gasteiger charge is 2.45. The number of fused-ring (bicyclic) bond motifs is 2. The van der Waals surface area contributed by atoms with E-state index in [4.69, 9.17) is 4.74 Å². The number of hydrogen-bond acceptors (Lipinski definition) is 5. The van der Waals surface area contributed by atoms with Gasteiger partial charge in [0.15, 0.2) is 0 Å². The lowest BCUT2D eigenvalue weighted by Gasteiger charge is -2.41. The number of hydrogen-bond donors (Lipinski definition) is 2. The number of nitrogens with zero attached hydrogens (tertiary/aromatic N) is 3. The average Bonchev–Trinajstić information content (AvgIpc) is 3.41. The summed E-state index contributed by atoms with van der Waals surface area (Å²) in [5.41, 5.74) is 4.99. The molecule has 0 bridgehead atoms. The number of likely N-dealkylation sites (N-methyl/N-ethyl adjacent to an activating group) is 1. The van der Waals surface area contributed by atoms with Crippen molar-refractivity contribution >= 4 is 34.1 Å². The molecule has 1 saturated heterocycles. The minimum absolute atomic E-state index is 0.0928. The Labute approximate surface area is 234 Å². The number of aromatic amines is 1. The van der Waals surface area contributed by atoms with Crippen LogP contribution in [0.3, 0.4) is 0 Å². The van der Waals surface area contributed by atoms with Crippen LogP contribution in [0.1, 0.15) is 33.4 Å². The Balaban J connectivity index is 1.44. The predicted molar refractivity (Wildman–Crippen MR) is 158 cm³/mol. The van der Waals surface area contributed by atoms with Crippen molar-refractivity contribution in [3.8, 4) is 0 Å². The summed E-state index contributed by atoms with van der Waals surface area (Å²) < 4.78 is 5.40. The fourth-order valence-corrected chi connectivity index (χ4v) is 6.11. The maximum absolute atomic E-state index is 14.5. The average molecular weight is 538 g/mol. The molecule has 206 valence electrons. The third-order valence-electron chi connectivity index (χ3n) is 8.20. The molecule has 40 heavy (non-hydrogen) atoms. The van der Waals surface area contributed by atoms with Crippen molar-refractivity contribution in [3.63, 3.8) is 0 Å². The molecule has 0 aliphatic carbocycles. The summed E-state index contributed by atoms with van der Waals surface area (Å²) in [6.45, 7) is 4.47. The van der Waals surface area contributed by atoms with Crippen molar-refractivity contribution in [1.82, 2.24) is 14.8 Å². The lowest BCUT2D eigenvalue weighted by Crippen LogP contribution is -2.47. The first kappa shape index (κ1) is 26.1. The Morgan fingerprint density at radius 2 is 1.68 bits per heavy atom. The van der Waals surface area contributed by atoms with Crippen LogP contribution in [0.2, 0.25) is 0 Å². The second-order valence-electron chi connectivity index (χ2n) is 10.6. The molecule has 3 aromatic carbocycles. The van der Waals surface area contributed by atoms with E-state index in [1.807, 2.05) is 72.9 Å². The van der Waals surface area contributed by atoms with Gasteiger partial charge in [-0.25, -0.2) is 0 Å². The Kier molecular flexibility index (Phi) is 7.28. The molecule has 3 heterocycles. The summed E-state index contributed by atoms with van der Waals surface area (Å²) in [7, 11) is 3.76. The lowest BCUT2D eigenvalue weighted by atomic mass is 9.79. The zero-order chi connectivity index (χ0) is 27.6. The van der Waals surface area contributed by atoms with Gasteiger partial charge in [0.2, 0.25) is 5.91 Å². The van der Waals surface area contributed by atoms with E-state index in [9.17, 15) is 9.59 Å². The normalized spacial score (nSPS) is 19.6. The number of para-hydroxylation sites is 3. The van der Waals surface area contributed by atoms with Crippen molar-refractivity contribution in [2.24, 2.45) is 0 Å². The number of piperazine rings is 1. The first-order chi connectivity index (χ1) is 19.6. The molecule has 8 nitrogen and oxygen atoms in total. The van der Waals surface area contributed by atoms with Gasteiger partial charge in [-0.1, -0.05) is 48.5 Å². The molecule has 0 spiro atoms. The monoisotopic (exact) mass is 537 g/mol. The van der Waals surface area contributed by atoms with Gasteiger partial charge in [-0.15, -0.1) is 0 Å². The first-order valence-corrected chi connectivity index (χ1v) is 13.8. The lowest BCUT2D eigenvalue weighted by molar-refractivity contribution is -0.119. The maximum atomic E-state index is 14.5. The van der Waals surface area contributed by atoms with E-state index >= 15 is 0 Å². The summed E-state index contributed by atoms with van der Waals surface area (Å²) in [5.74, 6) is -0.852. The molecular weight excluding hydrogens is 502 g/mol.